The predicted octanol–water partition coefficient (Wildman–Crippen LogP) is 6.65. The van der Waals surface area contributed by atoms with Gasteiger partial charge in [-0.2, -0.15) is 0 Å². The lowest BCUT2D eigenvalue weighted by molar-refractivity contribution is -0.133. The smallest absolute Gasteiger partial charge is 0.377 e. The van der Waals surface area contributed by atoms with Crippen LogP contribution >= 0.6 is 29.4 Å². The van der Waals surface area contributed by atoms with E-state index in [0.717, 1.165) is 24.5 Å². The van der Waals surface area contributed by atoms with E-state index in [4.69, 9.17) is 13.8 Å². The normalized spacial score (nSPS) is 23.9. The molecule has 49 heavy (non-hydrogen) atoms. The third-order valence-electron chi connectivity index (χ3n) is 9.01. The zero-order chi connectivity index (χ0) is 36.6. The Hall–Kier alpha value is -0.790. The molecule has 0 aromatic carbocycles. The number of carbonyl (C=O) groups excluding carboxylic acids is 4. The molecule has 1 saturated carbocycles. The van der Waals surface area contributed by atoms with Gasteiger partial charge in [0.05, 0.1) is 31.5 Å². The van der Waals surface area contributed by atoms with Gasteiger partial charge in [0.15, 0.2) is 0 Å². The van der Waals surface area contributed by atoms with Gasteiger partial charge in [0, 0.05) is 68.0 Å². The van der Waals surface area contributed by atoms with E-state index in [9.17, 15) is 28.6 Å². The van der Waals surface area contributed by atoms with E-state index in [-0.39, 0.29) is 85.1 Å². The van der Waals surface area contributed by atoms with Gasteiger partial charge in [0.2, 0.25) is 5.91 Å². The highest BCUT2D eigenvalue weighted by Crippen LogP contribution is 2.49. The fourth-order valence-corrected chi connectivity index (χ4v) is 9.39. The molecule has 1 amide bonds. The molecule has 2 unspecified atom stereocenters. The number of Topliss-reactive ketones (excluding diaryl/α,β-unsaturated/α-hetero) is 3. The van der Waals surface area contributed by atoms with E-state index in [1.165, 1.54) is 0 Å². The summed E-state index contributed by atoms with van der Waals surface area (Å²) in [6, 6.07) is 0.0864. The number of nitrogens with one attached hydrogen (secondary N) is 1. The second-order valence-electron chi connectivity index (χ2n) is 14.6. The van der Waals surface area contributed by atoms with E-state index in [0.29, 0.717) is 57.6 Å². The molecule has 1 aliphatic carbocycles. The molecule has 1 heterocycles. The van der Waals surface area contributed by atoms with Gasteiger partial charge in [-0.05, 0) is 64.3 Å². The molecule has 0 spiro atoms. The number of rotatable bonds is 26. The summed E-state index contributed by atoms with van der Waals surface area (Å²) >= 11 is 0. The van der Waals surface area contributed by atoms with Gasteiger partial charge in [0.25, 0.3) is 0 Å². The van der Waals surface area contributed by atoms with Gasteiger partial charge < -0.3 is 19.8 Å². The molecular weight excluding hydrogens is 687 g/mol. The number of nitrogens with zero attached hydrogens (tertiary/aromatic N) is 1. The topological polar surface area (TPSA) is 149 Å². The molecule has 11 nitrogen and oxygen atoms in total. The molecule has 0 aromatic heterocycles. The van der Waals surface area contributed by atoms with E-state index in [1.807, 2.05) is 27.7 Å². The van der Waals surface area contributed by atoms with Crippen molar-refractivity contribution in [2.75, 3.05) is 37.8 Å². The van der Waals surface area contributed by atoms with Gasteiger partial charge in [-0.15, -0.1) is 0 Å². The molecule has 1 saturated heterocycles. The van der Waals surface area contributed by atoms with Crippen LogP contribution in [0.25, 0.3) is 0 Å². The lowest BCUT2D eigenvalue weighted by atomic mass is 9.89. The van der Waals surface area contributed by atoms with Crippen LogP contribution in [-0.2, 0) is 37.5 Å². The Bertz CT molecular complexity index is 1090. The monoisotopic (exact) mass is 750 g/mol. The maximum atomic E-state index is 13.2. The highest BCUT2D eigenvalue weighted by atomic mass is 33.1. The predicted molar refractivity (Wildman–Crippen MR) is 197 cm³/mol. The van der Waals surface area contributed by atoms with Crippen LogP contribution in [0.2, 0.25) is 0 Å². The summed E-state index contributed by atoms with van der Waals surface area (Å²) < 4.78 is 30.0. The minimum Gasteiger partial charge on any atom is -0.377 e. The van der Waals surface area contributed by atoms with Crippen molar-refractivity contribution in [2.45, 2.75) is 137 Å². The Kier molecular flexibility index (Phi) is 20.8. The fourth-order valence-electron chi connectivity index (χ4n) is 6.33. The highest BCUT2D eigenvalue weighted by Gasteiger charge is 2.42. The molecule has 0 aromatic rings. The minimum atomic E-state index is -4.48. The van der Waals surface area contributed by atoms with E-state index >= 15 is 0 Å². The van der Waals surface area contributed by atoms with Gasteiger partial charge in [-0.3, -0.25) is 28.2 Å². The third kappa shape index (κ3) is 18.0. The number of carbonyl (C=O) groups is 4. The quantitative estimate of drug-likeness (QED) is 0.0554. The summed E-state index contributed by atoms with van der Waals surface area (Å²) in [5.74, 6) is 1.61. The Morgan fingerprint density at radius 2 is 1.61 bits per heavy atom. The van der Waals surface area contributed by atoms with Crippen LogP contribution in [0.4, 0.5) is 0 Å². The minimum absolute atomic E-state index is 0.0106. The first kappa shape index (κ1) is 44.4. The standard InChI is InChI=1S/C35H63N2O9PS2/c1-24(2)33(39)14-17-49-48-16-9-11-35(41)37-21-31(20-29(37)23-44-26(5)6)46-47(42,43)45-22-28-18-27(7)19-32(28)34(40)13-12-30(38)10-8-15-36-25(3)4/h24-29,31-32,36H,8-23H2,1-7H3,(H,42,43)/t27-,28+,29+,31-,32?/m1/s1. The molecule has 2 aliphatic rings. The molecule has 1 aliphatic heterocycles. The van der Waals surface area contributed by atoms with Crippen LogP contribution in [0, 0.1) is 23.7 Å². The van der Waals surface area contributed by atoms with E-state index < -0.39 is 13.9 Å². The molecule has 2 rings (SSSR count). The third-order valence-corrected chi connectivity index (χ3v) is 12.5. The fraction of sp³-hybridized carbons (Fsp3) is 0.886. The number of phosphoric acid groups is 1. The average molecular weight is 751 g/mol. The number of ketones is 3. The summed E-state index contributed by atoms with van der Waals surface area (Å²) in [7, 11) is -1.17. The highest BCUT2D eigenvalue weighted by molar-refractivity contribution is 8.76. The van der Waals surface area contributed by atoms with Crippen molar-refractivity contribution in [1.29, 1.82) is 0 Å². The van der Waals surface area contributed by atoms with Crippen molar-refractivity contribution in [2.24, 2.45) is 23.7 Å². The summed E-state index contributed by atoms with van der Waals surface area (Å²) in [5, 5.41) is 3.29. The number of hydrogen-bond donors (Lipinski definition) is 2. The Morgan fingerprint density at radius 3 is 2.29 bits per heavy atom. The summed E-state index contributed by atoms with van der Waals surface area (Å²) in [6.07, 6.45) is 4.15. The van der Waals surface area contributed by atoms with Gasteiger partial charge in [-0.25, -0.2) is 4.57 Å². The van der Waals surface area contributed by atoms with Crippen molar-refractivity contribution in [3.63, 3.8) is 0 Å². The van der Waals surface area contributed by atoms with Crippen LogP contribution < -0.4 is 5.32 Å². The summed E-state index contributed by atoms with van der Waals surface area (Å²) in [5.41, 5.74) is 0. The molecule has 0 radical (unpaired) electrons. The van der Waals surface area contributed by atoms with E-state index in [2.05, 4.69) is 26.1 Å². The van der Waals surface area contributed by atoms with Crippen LogP contribution in [0.3, 0.4) is 0 Å². The zero-order valence-electron chi connectivity index (χ0n) is 30.9. The number of phosphoric ester groups is 1. The second kappa shape index (κ2) is 23.0. The number of hydrogen-bond acceptors (Lipinski definition) is 11. The lowest BCUT2D eigenvalue weighted by Gasteiger charge is -2.25. The number of likely N-dealkylation sites (tertiary alicyclic amines) is 1. The Labute approximate surface area is 302 Å². The summed E-state index contributed by atoms with van der Waals surface area (Å²) in [6.45, 7) is 15.0. The Morgan fingerprint density at radius 1 is 0.898 bits per heavy atom. The molecular formula is C35H63N2O9PS2. The van der Waals surface area contributed by atoms with Gasteiger partial charge in [0.1, 0.15) is 17.3 Å². The zero-order valence-corrected chi connectivity index (χ0v) is 33.4. The maximum Gasteiger partial charge on any atom is 0.472 e. The molecule has 14 heteroatoms. The molecule has 2 N–H and O–H groups in total. The Balaban J connectivity index is 1.83. The van der Waals surface area contributed by atoms with Crippen LogP contribution in [0.15, 0.2) is 0 Å². The number of ether oxygens (including phenoxy) is 1. The first-order chi connectivity index (χ1) is 23.1. The van der Waals surface area contributed by atoms with Gasteiger partial charge >= 0.3 is 7.82 Å². The van der Waals surface area contributed by atoms with Crippen molar-refractivity contribution in [1.82, 2.24) is 10.2 Å². The largest absolute Gasteiger partial charge is 0.472 e. The maximum absolute atomic E-state index is 13.2. The van der Waals surface area contributed by atoms with Crippen molar-refractivity contribution < 1.29 is 42.4 Å². The van der Waals surface area contributed by atoms with Crippen molar-refractivity contribution >= 4 is 52.7 Å². The van der Waals surface area contributed by atoms with Crippen LogP contribution in [-0.4, -0.2) is 95.2 Å². The number of amides is 1. The van der Waals surface area contributed by atoms with Crippen molar-refractivity contribution in [3.8, 4) is 0 Å². The first-order valence-corrected chi connectivity index (χ1v) is 22.2. The lowest BCUT2D eigenvalue weighted by Crippen LogP contribution is -2.39. The molecule has 2 fully saturated rings. The van der Waals surface area contributed by atoms with Gasteiger partial charge in [-0.1, -0.05) is 56.2 Å². The van der Waals surface area contributed by atoms with Crippen molar-refractivity contribution in [3.05, 3.63) is 0 Å². The van der Waals surface area contributed by atoms with Crippen LogP contribution in [0.1, 0.15) is 113 Å². The van der Waals surface area contributed by atoms with Crippen LogP contribution in [0.5, 0.6) is 0 Å². The summed E-state index contributed by atoms with van der Waals surface area (Å²) in [4.78, 5) is 62.8. The molecule has 284 valence electrons. The first-order valence-electron chi connectivity index (χ1n) is 18.2. The SMILES string of the molecule is CC(C)NCCCC(=O)CCC(=O)C1C[C@H](C)C[C@H]1COP(=O)(O)O[C@@H]1C[C@@H](COC(C)C)N(C(=O)CCCSSCCC(=O)C(C)C)C1. The van der Waals surface area contributed by atoms with E-state index in [1.54, 1.807) is 26.5 Å². The molecule has 6 atom stereocenters. The second-order valence-corrected chi connectivity index (χ2v) is 18.7. The molecule has 0 bridgehead atoms. The average Bonchev–Trinajstić information content (AvgIpc) is 3.61.